The normalized spacial score (nSPS) is 12.9. The van der Waals surface area contributed by atoms with Crippen LogP contribution in [0.15, 0.2) is 176 Å². The van der Waals surface area contributed by atoms with Gasteiger partial charge in [0.05, 0.1) is 33.5 Å². The quantitative estimate of drug-likeness (QED) is 0.160. The summed E-state index contributed by atoms with van der Waals surface area (Å²) in [4.78, 5) is 16.3. The summed E-state index contributed by atoms with van der Waals surface area (Å²) in [6.07, 6.45) is -9.34. The molecule has 0 bridgehead atoms. The third-order valence-electron chi connectivity index (χ3n) is 11.8. The van der Waals surface area contributed by atoms with E-state index in [2.05, 4.69) is 4.57 Å². The summed E-state index contributed by atoms with van der Waals surface area (Å²) in [7, 11) is 0. The second-order valence-electron chi connectivity index (χ2n) is 15.9. The number of ether oxygens (including phenoxy) is 2. The molecule has 4 heterocycles. The van der Waals surface area contributed by atoms with Crippen molar-refractivity contribution in [3.05, 3.63) is 187 Å². The van der Waals surface area contributed by atoms with Crippen LogP contribution in [0.5, 0.6) is 23.0 Å². The number of rotatable bonds is 5. The summed E-state index contributed by atoms with van der Waals surface area (Å²) in [6, 6.07) is 50.9. The van der Waals surface area contributed by atoms with Crippen molar-refractivity contribution in [2.24, 2.45) is 0 Å². The van der Waals surface area contributed by atoms with Gasteiger partial charge in [-0.15, -0.1) is 0 Å². The Morgan fingerprint density at radius 1 is 0.379 bits per heavy atom. The topological polar surface area (TPSA) is 65.3 Å². The summed E-state index contributed by atoms with van der Waals surface area (Å²) < 4.78 is 98.5. The minimum atomic E-state index is -4.67. The molecule has 0 unspecified atom stereocenters. The molecule has 13 heteroatoms. The Morgan fingerprint density at radius 2 is 0.894 bits per heavy atom. The highest BCUT2D eigenvalue weighted by atomic mass is 19.4. The largest absolute Gasteiger partial charge is 0.453 e. The van der Waals surface area contributed by atoms with Crippen LogP contribution in [-0.4, -0.2) is 19.5 Å². The Kier molecular flexibility index (Phi) is 8.63. The molecule has 320 valence electrons. The fraction of sp³-hybridized carbons (Fsp3) is 0.0377. The summed E-state index contributed by atoms with van der Waals surface area (Å²) >= 11 is 0. The third kappa shape index (κ3) is 6.49. The van der Waals surface area contributed by atoms with Gasteiger partial charge in [0.1, 0.15) is 5.69 Å². The highest BCUT2D eigenvalue weighted by Crippen LogP contribution is 2.61. The van der Waals surface area contributed by atoms with Crippen molar-refractivity contribution in [2.75, 3.05) is 4.90 Å². The van der Waals surface area contributed by atoms with Crippen LogP contribution in [0.2, 0.25) is 0 Å². The smallest absolute Gasteiger partial charge is 0.416 e. The molecule has 2 aromatic heterocycles. The average molecular weight is 882 g/mol. The lowest BCUT2D eigenvalue weighted by molar-refractivity contribution is -0.138. The van der Waals surface area contributed by atoms with Crippen LogP contribution >= 0.6 is 0 Å². The van der Waals surface area contributed by atoms with Gasteiger partial charge in [-0.2, -0.15) is 26.3 Å². The molecule has 8 aromatic carbocycles. The average Bonchev–Trinajstić information content (AvgIpc) is 3.67. The maximum atomic E-state index is 14.0. The van der Waals surface area contributed by atoms with E-state index in [-0.39, 0.29) is 34.4 Å². The van der Waals surface area contributed by atoms with Gasteiger partial charge >= 0.3 is 12.4 Å². The number of benzene rings is 8. The number of fused-ring (bicyclic) bond motifs is 7. The molecule has 7 nitrogen and oxygen atoms in total. The summed E-state index contributed by atoms with van der Waals surface area (Å²) in [5.74, 6) is 1.70. The molecule has 0 N–H and O–H groups in total. The van der Waals surface area contributed by atoms with Crippen molar-refractivity contribution in [3.63, 3.8) is 0 Å². The number of hydrogen-bond donors (Lipinski definition) is 0. The molecule has 2 aliphatic heterocycles. The minimum Gasteiger partial charge on any atom is -0.453 e. The van der Waals surface area contributed by atoms with Crippen molar-refractivity contribution in [1.82, 2.24) is 19.5 Å². The summed E-state index contributed by atoms with van der Waals surface area (Å²) in [6.45, 7) is 0. The van der Waals surface area contributed by atoms with E-state index >= 15 is 0 Å². The third-order valence-corrected chi connectivity index (χ3v) is 11.8. The van der Waals surface area contributed by atoms with Crippen molar-refractivity contribution in [3.8, 4) is 74.0 Å². The summed E-state index contributed by atoms with van der Waals surface area (Å²) in [5.41, 5.74) is 5.31. The summed E-state index contributed by atoms with van der Waals surface area (Å²) in [5, 5.41) is 1.83. The van der Waals surface area contributed by atoms with Crippen LogP contribution in [0, 0.1) is 0 Å². The first kappa shape index (κ1) is 39.2. The Balaban J connectivity index is 0.987. The zero-order chi connectivity index (χ0) is 44.9. The van der Waals surface area contributed by atoms with Gasteiger partial charge in [0.25, 0.3) is 0 Å². The zero-order valence-electron chi connectivity index (χ0n) is 34.1. The number of para-hydroxylation sites is 1. The van der Waals surface area contributed by atoms with Crippen LogP contribution < -0.4 is 14.4 Å². The molecule has 0 saturated carbocycles. The standard InChI is InChI=1S/C53H29F6N5O2/c54-52(55,56)35-19-22-42-44(28-35)65-46-26-34(27-47-48(46)64(42)43-23-20-36(53(57,58)59)29-45(43)66-47)32-18-21-41-39(25-32)38-16-7-8-17-40(38)63(41)37-15-9-14-33(24-37)51-61-49(30-10-3-1-4-11-30)60-50(62-51)31-12-5-2-6-13-31/h1-29H. The van der Waals surface area contributed by atoms with E-state index in [9.17, 15) is 26.3 Å². The zero-order valence-corrected chi connectivity index (χ0v) is 34.1. The lowest BCUT2D eigenvalue weighted by atomic mass is 9.99. The van der Waals surface area contributed by atoms with E-state index in [1.165, 1.54) is 12.1 Å². The van der Waals surface area contributed by atoms with Crippen molar-refractivity contribution in [1.29, 1.82) is 0 Å². The van der Waals surface area contributed by atoms with Crippen molar-refractivity contribution in [2.45, 2.75) is 12.4 Å². The van der Waals surface area contributed by atoms with Crippen LogP contribution in [0.1, 0.15) is 11.1 Å². The Hall–Kier alpha value is -8.45. The van der Waals surface area contributed by atoms with Crippen LogP contribution in [0.3, 0.4) is 0 Å². The van der Waals surface area contributed by atoms with E-state index in [1.54, 1.807) is 17.0 Å². The molecular weight excluding hydrogens is 853 g/mol. The predicted octanol–water partition coefficient (Wildman–Crippen LogP) is 15.4. The molecule has 10 aromatic rings. The first-order valence-electron chi connectivity index (χ1n) is 20.7. The molecule has 66 heavy (non-hydrogen) atoms. The molecule has 0 radical (unpaired) electrons. The van der Waals surface area contributed by atoms with Gasteiger partial charge in [0, 0.05) is 33.2 Å². The van der Waals surface area contributed by atoms with Crippen LogP contribution in [0.25, 0.3) is 72.8 Å². The number of aromatic nitrogens is 4. The lowest BCUT2D eigenvalue weighted by Gasteiger charge is -2.38. The number of anilines is 3. The van der Waals surface area contributed by atoms with Crippen molar-refractivity contribution >= 4 is 38.9 Å². The second kappa shape index (κ2) is 14.5. The Morgan fingerprint density at radius 3 is 1.47 bits per heavy atom. The molecule has 0 fully saturated rings. The van der Waals surface area contributed by atoms with Gasteiger partial charge in [-0.25, -0.2) is 15.0 Å². The molecular formula is C53H29F6N5O2. The fourth-order valence-electron chi connectivity index (χ4n) is 8.80. The van der Waals surface area contributed by atoms with E-state index in [1.807, 2.05) is 127 Å². The maximum absolute atomic E-state index is 14.0. The molecule has 0 atom stereocenters. The van der Waals surface area contributed by atoms with Gasteiger partial charge in [-0.05, 0) is 90.0 Å². The Bertz CT molecular complexity index is 3440. The molecule has 0 aliphatic carbocycles. The molecule has 12 rings (SSSR count). The number of nitrogens with zero attached hydrogens (tertiary/aromatic N) is 5. The fourth-order valence-corrected chi connectivity index (χ4v) is 8.80. The van der Waals surface area contributed by atoms with E-state index in [0.717, 1.165) is 68.4 Å². The predicted molar refractivity (Wildman–Crippen MR) is 241 cm³/mol. The molecule has 0 saturated heterocycles. The van der Waals surface area contributed by atoms with Gasteiger partial charge in [-0.3, -0.25) is 4.90 Å². The number of halogens is 6. The highest BCUT2D eigenvalue weighted by molar-refractivity contribution is 6.10. The van der Waals surface area contributed by atoms with Crippen molar-refractivity contribution < 1.29 is 35.8 Å². The van der Waals surface area contributed by atoms with E-state index < -0.39 is 23.5 Å². The van der Waals surface area contributed by atoms with Gasteiger partial charge in [0.15, 0.2) is 40.5 Å². The van der Waals surface area contributed by atoms with Gasteiger partial charge in [-0.1, -0.05) is 97.1 Å². The Labute approximate surface area is 371 Å². The molecule has 0 amide bonds. The number of hydrogen-bond acceptors (Lipinski definition) is 6. The van der Waals surface area contributed by atoms with Gasteiger partial charge < -0.3 is 14.0 Å². The molecule has 2 aliphatic rings. The van der Waals surface area contributed by atoms with Crippen LogP contribution in [0.4, 0.5) is 43.4 Å². The van der Waals surface area contributed by atoms with Gasteiger partial charge in [0.2, 0.25) is 0 Å². The van der Waals surface area contributed by atoms with E-state index in [0.29, 0.717) is 34.3 Å². The maximum Gasteiger partial charge on any atom is 0.416 e. The monoisotopic (exact) mass is 881 g/mol. The highest BCUT2D eigenvalue weighted by Gasteiger charge is 2.40. The van der Waals surface area contributed by atoms with E-state index in [4.69, 9.17) is 24.4 Å². The first-order chi connectivity index (χ1) is 31.9. The van der Waals surface area contributed by atoms with Crippen LogP contribution in [-0.2, 0) is 12.4 Å². The molecule has 0 spiro atoms. The minimum absolute atomic E-state index is 0.112. The first-order valence-corrected chi connectivity index (χ1v) is 20.7. The second-order valence-corrected chi connectivity index (χ2v) is 15.9. The lowest BCUT2D eigenvalue weighted by Crippen LogP contribution is -2.21. The SMILES string of the molecule is FC(F)(F)c1ccc2c(c1)Oc1cc(-c3ccc4c(c3)c3ccccc3n4-c3cccc(-c4nc(-c5ccccc5)nc(-c5ccccc5)n4)c3)cc3c1N2c1ccc(C(F)(F)F)cc1O3. The number of alkyl halides is 6.